The van der Waals surface area contributed by atoms with Gasteiger partial charge in [0.05, 0.1) is 11.7 Å². The zero-order valence-corrected chi connectivity index (χ0v) is 8.63. The second kappa shape index (κ2) is 3.47. The van der Waals surface area contributed by atoms with Crippen LogP contribution in [-0.2, 0) is 6.42 Å². The van der Waals surface area contributed by atoms with Crippen molar-refractivity contribution in [3.05, 3.63) is 28.4 Å². The number of rotatable bonds is 2. The van der Waals surface area contributed by atoms with Crippen molar-refractivity contribution in [1.29, 1.82) is 0 Å². The van der Waals surface area contributed by atoms with Crippen LogP contribution < -0.4 is 5.73 Å². The van der Waals surface area contributed by atoms with E-state index in [9.17, 15) is 0 Å². The normalized spacial score (nSPS) is 10.9. The van der Waals surface area contributed by atoms with E-state index in [2.05, 4.69) is 32.2 Å². The molecule has 13 heavy (non-hydrogen) atoms. The number of fused-ring (bicyclic) bond motifs is 1. The SMILES string of the molecule is NCCc1cc(Br)cc2cn[nH]c12. The summed E-state index contributed by atoms with van der Waals surface area (Å²) in [5, 5.41) is 8.10. The third-order valence-corrected chi connectivity index (χ3v) is 2.47. The predicted octanol–water partition coefficient (Wildman–Crippen LogP) is 1.83. The Bertz CT molecular complexity index is 422. The zero-order valence-electron chi connectivity index (χ0n) is 7.05. The molecule has 0 saturated carbocycles. The van der Waals surface area contributed by atoms with Crippen LogP contribution in [0, 0.1) is 0 Å². The number of aromatic amines is 1. The Morgan fingerprint density at radius 3 is 3.08 bits per heavy atom. The fraction of sp³-hybridized carbons (Fsp3) is 0.222. The minimum atomic E-state index is 0.657. The maximum absolute atomic E-state index is 5.52. The van der Waals surface area contributed by atoms with Crippen LogP contribution in [0.1, 0.15) is 5.56 Å². The molecule has 0 amide bonds. The number of halogens is 1. The van der Waals surface area contributed by atoms with E-state index in [-0.39, 0.29) is 0 Å². The number of nitrogens with zero attached hydrogens (tertiary/aromatic N) is 1. The summed E-state index contributed by atoms with van der Waals surface area (Å²) in [4.78, 5) is 0. The number of H-pyrrole nitrogens is 1. The van der Waals surface area contributed by atoms with E-state index in [1.54, 1.807) is 0 Å². The Morgan fingerprint density at radius 2 is 2.31 bits per heavy atom. The molecule has 0 radical (unpaired) electrons. The highest BCUT2D eigenvalue weighted by Crippen LogP contribution is 2.22. The van der Waals surface area contributed by atoms with E-state index in [1.807, 2.05) is 12.3 Å². The number of aromatic nitrogens is 2. The molecule has 0 saturated heterocycles. The third kappa shape index (κ3) is 1.59. The largest absolute Gasteiger partial charge is 0.330 e. The van der Waals surface area contributed by atoms with Crippen LogP contribution >= 0.6 is 15.9 Å². The lowest BCUT2D eigenvalue weighted by molar-refractivity contribution is 0.969. The summed E-state index contributed by atoms with van der Waals surface area (Å²) < 4.78 is 1.07. The molecule has 0 fully saturated rings. The quantitative estimate of drug-likeness (QED) is 0.841. The van der Waals surface area contributed by atoms with Crippen molar-refractivity contribution in [2.24, 2.45) is 5.73 Å². The molecule has 0 aliphatic heterocycles. The minimum Gasteiger partial charge on any atom is -0.330 e. The summed E-state index contributed by atoms with van der Waals surface area (Å²) in [6.07, 6.45) is 2.69. The highest BCUT2D eigenvalue weighted by molar-refractivity contribution is 9.10. The molecule has 1 aromatic carbocycles. The van der Waals surface area contributed by atoms with Gasteiger partial charge in [-0.3, -0.25) is 5.10 Å². The lowest BCUT2D eigenvalue weighted by Gasteiger charge is -2.01. The topological polar surface area (TPSA) is 54.7 Å². The Balaban J connectivity index is 2.63. The van der Waals surface area contributed by atoms with Crippen molar-refractivity contribution >= 4 is 26.8 Å². The maximum Gasteiger partial charge on any atom is 0.0683 e. The van der Waals surface area contributed by atoms with E-state index in [0.29, 0.717) is 6.54 Å². The molecule has 0 spiro atoms. The second-order valence-electron chi connectivity index (χ2n) is 2.94. The molecule has 3 N–H and O–H groups in total. The molecule has 2 rings (SSSR count). The number of benzene rings is 1. The highest BCUT2D eigenvalue weighted by atomic mass is 79.9. The van der Waals surface area contributed by atoms with Crippen LogP contribution in [0.3, 0.4) is 0 Å². The molecular formula is C9H10BrN3. The van der Waals surface area contributed by atoms with Crippen molar-refractivity contribution in [2.75, 3.05) is 6.54 Å². The number of hydrogen-bond acceptors (Lipinski definition) is 2. The van der Waals surface area contributed by atoms with Crippen LogP contribution in [0.15, 0.2) is 22.8 Å². The average Bonchev–Trinajstić information content (AvgIpc) is 2.52. The molecule has 1 heterocycles. The van der Waals surface area contributed by atoms with Gasteiger partial charge in [-0.1, -0.05) is 15.9 Å². The standard InChI is InChI=1S/C9H10BrN3/c10-8-3-6(1-2-11)9-7(4-8)5-12-13-9/h3-5H,1-2,11H2,(H,12,13). The molecule has 0 aliphatic rings. The fourth-order valence-electron chi connectivity index (χ4n) is 1.44. The van der Waals surface area contributed by atoms with Gasteiger partial charge >= 0.3 is 0 Å². The maximum atomic E-state index is 5.52. The first-order valence-corrected chi connectivity index (χ1v) is 4.92. The van der Waals surface area contributed by atoms with Gasteiger partial charge in [-0.15, -0.1) is 0 Å². The van der Waals surface area contributed by atoms with Gasteiger partial charge in [0.1, 0.15) is 0 Å². The van der Waals surface area contributed by atoms with Crippen molar-refractivity contribution in [3.8, 4) is 0 Å². The van der Waals surface area contributed by atoms with Crippen molar-refractivity contribution in [2.45, 2.75) is 6.42 Å². The highest BCUT2D eigenvalue weighted by Gasteiger charge is 2.03. The Kier molecular flexibility index (Phi) is 2.33. The minimum absolute atomic E-state index is 0.657. The Labute approximate surface area is 84.4 Å². The predicted molar refractivity (Wildman–Crippen MR) is 56.6 cm³/mol. The first-order chi connectivity index (χ1) is 6.31. The molecular weight excluding hydrogens is 230 g/mol. The zero-order chi connectivity index (χ0) is 9.26. The summed E-state index contributed by atoms with van der Waals surface area (Å²) in [6, 6.07) is 4.12. The van der Waals surface area contributed by atoms with Gasteiger partial charge in [0.2, 0.25) is 0 Å². The van der Waals surface area contributed by atoms with Crippen molar-refractivity contribution in [1.82, 2.24) is 10.2 Å². The van der Waals surface area contributed by atoms with Gasteiger partial charge in [-0.2, -0.15) is 5.10 Å². The van der Waals surface area contributed by atoms with E-state index < -0.39 is 0 Å². The summed E-state index contributed by atoms with van der Waals surface area (Å²) in [7, 11) is 0. The van der Waals surface area contributed by atoms with Crippen LogP contribution in [-0.4, -0.2) is 16.7 Å². The average molecular weight is 240 g/mol. The van der Waals surface area contributed by atoms with E-state index in [4.69, 9.17) is 5.73 Å². The van der Waals surface area contributed by atoms with Crippen molar-refractivity contribution in [3.63, 3.8) is 0 Å². The van der Waals surface area contributed by atoms with Crippen molar-refractivity contribution < 1.29 is 0 Å². The summed E-state index contributed by atoms with van der Waals surface area (Å²) in [6.45, 7) is 0.657. The first-order valence-electron chi connectivity index (χ1n) is 4.13. The Morgan fingerprint density at radius 1 is 1.46 bits per heavy atom. The Hall–Kier alpha value is -0.870. The molecule has 68 valence electrons. The molecule has 0 bridgehead atoms. The lowest BCUT2D eigenvalue weighted by atomic mass is 10.1. The number of hydrogen-bond donors (Lipinski definition) is 2. The van der Waals surface area contributed by atoms with E-state index >= 15 is 0 Å². The molecule has 4 heteroatoms. The molecule has 1 aromatic heterocycles. The van der Waals surface area contributed by atoms with E-state index in [0.717, 1.165) is 21.8 Å². The van der Waals surface area contributed by atoms with Crippen LogP contribution in [0.5, 0.6) is 0 Å². The first kappa shape index (κ1) is 8.72. The molecule has 0 aliphatic carbocycles. The van der Waals surface area contributed by atoms with Crippen LogP contribution in [0.4, 0.5) is 0 Å². The van der Waals surface area contributed by atoms with Gasteiger partial charge in [0, 0.05) is 9.86 Å². The summed E-state index contributed by atoms with van der Waals surface area (Å²) in [5.41, 5.74) is 7.82. The van der Waals surface area contributed by atoms with Gasteiger partial charge in [-0.05, 0) is 30.7 Å². The second-order valence-corrected chi connectivity index (χ2v) is 3.85. The van der Waals surface area contributed by atoms with Gasteiger partial charge < -0.3 is 5.73 Å². The number of nitrogens with one attached hydrogen (secondary N) is 1. The molecule has 0 atom stereocenters. The fourth-order valence-corrected chi connectivity index (χ4v) is 1.97. The van der Waals surface area contributed by atoms with E-state index in [1.165, 1.54) is 5.56 Å². The van der Waals surface area contributed by atoms with Gasteiger partial charge in [0.25, 0.3) is 0 Å². The molecule has 2 aromatic rings. The van der Waals surface area contributed by atoms with Crippen LogP contribution in [0.25, 0.3) is 10.9 Å². The van der Waals surface area contributed by atoms with Crippen LogP contribution in [0.2, 0.25) is 0 Å². The summed E-state index contributed by atoms with van der Waals surface area (Å²) >= 11 is 3.46. The number of nitrogens with two attached hydrogens (primary N) is 1. The molecule has 3 nitrogen and oxygen atoms in total. The lowest BCUT2D eigenvalue weighted by Crippen LogP contribution is -2.03. The third-order valence-electron chi connectivity index (χ3n) is 2.01. The van der Waals surface area contributed by atoms with Gasteiger partial charge in [-0.25, -0.2) is 0 Å². The monoisotopic (exact) mass is 239 g/mol. The summed E-state index contributed by atoms with van der Waals surface area (Å²) in [5.74, 6) is 0. The smallest absolute Gasteiger partial charge is 0.0683 e. The molecule has 0 unspecified atom stereocenters. The van der Waals surface area contributed by atoms with Gasteiger partial charge in [0.15, 0.2) is 0 Å².